The van der Waals surface area contributed by atoms with Crippen LogP contribution < -0.4 is 5.73 Å². The van der Waals surface area contributed by atoms with Crippen LogP contribution in [0.3, 0.4) is 0 Å². The molecule has 0 saturated heterocycles. The van der Waals surface area contributed by atoms with Crippen molar-refractivity contribution < 1.29 is 15.0 Å². The minimum Gasteiger partial charge on any atom is -0.478 e. The van der Waals surface area contributed by atoms with E-state index >= 15 is 0 Å². The van der Waals surface area contributed by atoms with Crippen molar-refractivity contribution in [1.29, 1.82) is 0 Å². The summed E-state index contributed by atoms with van der Waals surface area (Å²) in [4.78, 5) is 11.4. The summed E-state index contributed by atoms with van der Waals surface area (Å²) in [6, 6.07) is 1.71. The van der Waals surface area contributed by atoms with E-state index in [0.29, 0.717) is 18.7 Å². The van der Waals surface area contributed by atoms with Gasteiger partial charge in [-0.3, -0.25) is 0 Å². The fourth-order valence-corrected chi connectivity index (χ4v) is 2.97. The maximum Gasteiger partial charge on any atom is 0.335 e. The summed E-state index contributed by atoms with van der Waals surface area (Å²) in [6.07, 6.45) is 3.69. The molecule has 0 bridgehead atoms. The first-order valence-corrected chi connectivity index (χ1v) is 7.17. The van der Waals surface area contributed by atoms with Gasteiger partial charge in [0, 0.05) is 18.1 Å². The van der Waals surface area contributed by atoms with Crippen molar-refractivity contribution in [1.82, 2.24) is 4.57 Å². The second-order valence-electron chi connectivity index (χ2n) is 5.36. The number of carboxylic acid groups (broad SMARTS) is 1. The molecular formula is C16H22N2O3. The van der Waals surface area contributed by atoms with E-state index in [4.69, 9.17) is 5.73 Å². The molecule has 0 atom stereocenters. The molecule has 0 amide bonds. The predicted molar refractivity (Wildman–Crippen MR) is 82.8 cm³/mol. The predicted octanol–water partition coefficient (Wildman–Crippen LogP) is 1.84. The number of nitrogens with zero attached hydrogens (tertiary/aromatic N) is 1. The molecule has 0 unspecified atom stereocenters. The van der Waals surface area contributed by atoms with Gasteiger partial charge in [0.1, 0.15) is 0 Å². The maximum absolute atomic E-state index is 11.4. The van der Waals surface area contributed by atoms with Crippen LogP contribution in [0.4, 0.5) is 0 Å². The van der Waals surface area contributed by atoms with E-state index in [-0.39, 0.29) is 6.61 Å². The molecule has 4 N–H and O–H groups in total. The minimum atomic E-state index is -0.905. The zero-order valence-corrected chi connectivity index (χ0v) is 12.5. The van der Waals surface area contributed by atoms with Gasteiger partial charge in [0.05, 0.1) is 17.7 Å². The van der Waals surface area contributed by atoms with Crippen LogP contribution in [-0.4, -0.2) is 33.9 Å². The Balaban J connectivity index is 2.74. The third-order valence-electron chi connectivity index (χ3n) is 3.89. The van der Waals surface area contributed by atoms with Crippen LogP contribution in [0.25, 0.3) is 10.9 Å². The van der Waals surface area contributed by atoms with Crippen LogP contribution in [0.15, 0.2) is 12.3 Å². The summed E-state index contributed by atoms with van der Waals surface area (Å²) in [6.45, 7) is 4.92. The highest BCUT2D eigenvalue weighted by atomic mass is 16.4. The molecule has 0 radical (unpaired) electrons. The number of fused-ring (bicyclic) bond motifs is 1. The lowest BCUT2D eigenvalue weighted by Crippen LogP contribution is -2.04. The molecule has 5 nitrogen and oxygen atoms in total. The second-order valence-corrected chi connectivity index (χ2v) is 5.36. The molecule has 0 aliphatic heterocycles. The Morgan fingerprint density at radius 3 is 2.67 bits per heavy atom. The van der Waals surface area contributed by atoms with Gasteiger partial charge < -0.3 is 20.5 Å². The Labute approximate surface area is 124 Å². The zero-order valence-electron chi connectivity index (χ0n) is 12.5. The van der Waals surface area contributed by atoms with Crippen LogP contribution in [0.5, 0.6) is 0 Å². The van der Waals surface area contributed by atoms with Gasteiger partial charge in [-0.15, -0.1) is 0 Å². The van der Waals surface area contributed by atoms with Crippen LogP contribution >= 0.6 is 0 Å². The van der Waals surface area contributed by atoms with Gasteiger partial charge in [-0.2, -0.15) is 0 Å². The number of benzene rings is 1. The number of nitrogens with two attached hydrogens (primary N) is 1. The van der Waals surface area contributed by atoms with E-state index in [1.807, 2.05) is 24.6 Å². The molecular weight excluding hydrogens is 268 g/mol. The van der Waals surface area contributed by atoms with Gasteiger partial charge in [-0.25, -0.2) is 4.79 Å². The molecule has 0 spiro atoms. The SMILES string of the molecule is Cc1c(C(=O)O)cc(C)c2c1c(CCCN)cn2CCO. The number of aromatic carboxylic acids is 1. The number of carboxylic acids is 1. The van der Waals surface area contributed by atoms with Crippen molar-refractivity contribution in [2.24, 2.45) is 5.73 Å². The van der Waals surface area contributed by atoms with E-state index in [1.165, 1.54) is 0 Å². The zero-order chi connectivity index (χ0) is 15.6. The number of aryl methyl sites for hydroxylation is 3. The average molecular weight is 290 g/mol. The van der Waals surface area contributed by atoms with E-state index in [0.717, 1.165) is 40.4 Å². The van der Waals surface area contributed by atoms with Crippen LogP contribution in [0.1, 0.15) is 33.5 Å². The fraction of sp³-hybridized carbons (Fsp3) is 0.438. The van der Waals surface area contributed by atoms with Crippen molar-refractivity contribution in [3.63, 3.8) is 0 Å². The first-order valence-electron chi connectivity index (χ1n) is 7.17. The van der Waals surface area contributed by atoms with Crippen molar-refractivity contribution in [3.05, 3.63) is 34.5 Å². The normalized spacial score (nSPS) is 11.2. The largest absolute Gasteiger partial charge is 0.478 e. The number of aliphatic hydroxyl groups excluding tert-OH is 1. The first kappa shape index (κ1) is 15.5. The Hall–Kier alpha value is -1.85. The highest BCUT2D eigenvalue weighted by molar-refractivity contribution is 5.99. The Kier molecular flexibility index (Phi) is 4.65. The number of aromatic nitrogens is 1. The number of hydrogen-bond donors (Lipinski definition) is 3. The van der Waals surface area contributed by atoms with Crippen LogP contribution in [-0.2, 0) is 13.0 Å². The number of rotatable bonds is 6. The Morgan fingerprint density at radius 1 is 1.38 bits per heavy atom. The Morgan fingerprint density at radius 2 is 2.10 bits per heavy atom. The quantitative estimate of drug-likeness (QED) is 0.757. The summed E-state index contributed by atoms with van der Waals surface area (Å²) >= 11 is 0. The fourth-order valence-electron chi connectivity index (χ4n) is 2.97. The molecule has 2 aromatic rings. The highest BCUT2D eigenvalue weighted by Crippen LogP contribution is 2.31. The van der Waals surface area contributed by atoms with E-state index < -0.39 is 5.97 Å². The van der Waals surface area contributed by atoms with Gasteiger partial charge in [0.25, 0.3) is 0 Å². The molecule has 0 aliphatic rings. The summed E-state index contributed by atoms with van der Waals surface area (Å²) in [5.74, 6) is -0.905. The smallest absolute Gasteiger partial charge is 0.335 e. The van der Waals surface area contributed by atoms with Gasteiger partial charge >= 0.3 is 5.97 Å². The number of hydrogen-bond acceptors (Lipinski definition) is 3. The van der Waals surface area contributed by atoms with Gasteiger partial charge in [-0.05, 0) is 56.0 Å². The van der Waals surface area contributed by atoms with E-state index in [2.05, 4.69) is 0 Å². The third kappa shape index (κ3) is 2.80. The first-order chi connectivity index (χ1) is 10.0. The van der Waals surface area contributed by atoms with Crippen molar-refractivity contribution in [3.8, 4) is 0 Å². The number of aliphatic hydroxyl groups is 1. The molecule has 5 heteroatoms. The molecule has 0 saturated carbocycles. The molecule has 1 aromatic carbocycles. The lowest BCUT2D eigenvalue weighted by Gasteiger charge is -2.10. The maximum atomic E-state index is 11.4. The molecule has 1 heterocycles. The molecule has 21 heavy (non-hydrogen) atoms. The molecule has 1 aromatic heterocycles. The molecule has 2 rings (SSSR count). The number of carbonyl (C=O) groups is 1. The summed E-state index contributed by atoms with van der Waals surface area (Å²) in [5, 5.41) is 19.6. The highest BCUT2D eigenvalue weighted by Gasteiger charge is 2.18. The Bertz CT molecular complexity index is 674. The van der Waals surface area contributed by atoms with Crippen molar-refractivity contribution in [2.45, 2.75) is 33.2 Å². The summed E-state index contributed by atoms with van der Waals surface area (Å²) in [5.41, 5.74) is 9.75. The average Bonchev–Trinajstić information content (AvgIpc) is 2.80. The molecule has 0 aliphatic carbocycles. The molecule has 114 valence electrons. The van der Waals surface area contributed by atoms with Crippen LogP contribution in [0.2, 0.25) is 0 Å². The third-order valence-corrected chi connectivity index (χ3v) is 3.89. The monoisotopic (exact) mass is 290 g/mol. The van der Waals surface area contributed by atoms with Gasteiger partial charge in [0.15, 0.2) is 0 Å². The summed E-state index contributed by atoms with van der Waals surface area (Å²) in [7, 11) is 0. The van der Waals surface area contributed by atoms with Crippen molar-refractivity contribution in [2.75, 3.05) is 13.2 Å². The lowest BCUT2D eigenvalue weighted by atomic mass is 9.96. The van der Waals surface area contributed by atoms with E-state index in [9.17, 15) is 15.0 Å². The standard InChI is InChI=1S/C16H22N2O3/c1-10-8-13(16(20)21)11(2)14-12(4-3-5-17)9-18(6-7-19)15(10)14/h8-9,19H,3-7,17H2,1-2H3,(H,20,21). The second kappa shape index (κ2) is 6.28. The van der Waals surface area contributed by atoms with Crippen LogP contribution in [0, 0.1) is 13.8 Å². The lowest BCUT2D eigenvalue weighted by molar-refractivity contribution is 0.0696. The summed E-state index contributed by atoms with van der Waals surface area (Å²) < 4.78 is 2.01. The van der Waals surface area contributed by atoms with E-state index in [1.54, 1.807) is 6.07 Å². The minimum absolute atomic E-state index is 0.0548. The van der Waals surface area contributed by atoms with Gasteiger partial charge in [-0.1, -0.05) is 0 Å². The topological polar surface area (TPSA) is 88.5 Å². The van der Waals surface area contributed by atoms with Gasteiger partial charge in [0.2, 0.25) is 0 Å². The molecule has 0 fully saturated rings. The van der Waals surface area contributed by atoms with Crippen molar-refractivity contribution >= 4 is 16.9 Å².